The topological polar surface area (TPSA) is 93.0 Å². The zero-order chi connectivity index (χ0) is 27.3. The van der Waals surface area contributed by atoms with Gasteiger partial charge in [0.1, 0.15) is 17.5 Å². The Morgan fingerprint density at radius 2 is 1.53 bits per heavy atom. The average molecular weight is 531 g/mol. The van der Waals surface area contributed by atoms with Gasteiger partial charge in [-0.25, -0.2) is 13.8 Å². The maximum Gasteiger partial charge on any atom is 0.263 e. The van der Waals surface area contributed by atoms with E-state index in [1.165, 1.54) is 6.92 Å². The van der Waals surface area contributed by atoms with Crippen LogP contribution in [0, 0.1) is 13.8 Å². The van der Waals surface area contributed by atoms with Crippen molar-refractivity contribution in [1.29, 1.82) is 0 Å². The molecule has 1 N–H and O–H groups in total. The molecule has 8 nitrogen and oxygen atoms in total. The summed E-state index contributed by atoms with van der Waals surface area (Å²) in [6.45, 7) is 5.49. The third-order valence-electron chi connectivity index (χ3n) is 6.02. The van der Waals surface area contributed by atoms with Crippen LogP contribution < -0.4 is 14.5 Å². The summed E-state index contributed by atoms with van der Waals surface area (Å²) in [6, 6.07) is 26.7. The minimum Gasteiger partial charge on any atom is -0.457 e. The molecule has 1 aromatic heterocycles. The van der Waals surface area contributed by atoms with Crippen molar-refractivity contribution in [3.63, 3.8) is 0 Å². The number of nitrogens with one attached hydrogen (secondary N) is 1. The van der Waals surface area contributed by atoms with Crippen molar-refractivity contribution in [3.8, 4) is 17.2 Å². The smallest absolute Gasteiger partial charge is 0.263 e. The number of carbonyl (C=O) groups is 1. The molecule has 4 rings (SSSR count). The monoisotopic (exact) mass is 530 g/mol. The molecule has 0 aliphatic heterocycles. The quantitative estimate of drug-likeness (QED) is 0.238. The lowest BCUT2D eigenvalue weighted by Gasteiger charge is -2.27. The zero-order valence-electron chi connectivity index (χ0n) is 21.7. The van der Waals surface area contributed by atoms with E-state index in [2.05, 4.69) is 15.1 Å². The maximum absolute atomic E-state index is 12.9. The molecule has 0 saturated carbocycles. The Hall–Kier alpha value is -4.37. The number of rotatable bonds is 9. The van der Waals surface area contributed by atoms with Gasteiger partial charge in [-0.05, 0) is 75.4 Å². The average Bonchev–Trinajstić information content (AvgIpc) is 3.18. The molecule has 0 spiro atoms. The molecule has 0 radical (unpaired) electrons. The van der Waals surface area contributed by atoms with Gasteiger partial charge in [-0.3, -0.25) is 9.10 Å². The van der Waals surface area contributed by atoms with Gasteiger partial charge >= 0.3 is 0 Å². The highest BCUT2D eigenvalue weighted by Gasteiger charge is 2.29. The Balaban J connectivity index is 1.47. The van der Waals surface area contributed by atoms with Crippen LogP contribution in [0.2, 0.25) is 0 Å². The Kier molecular flexibility index (Phi) is 7.97. The van der Waals surface area contributed by atoms with E-state index < -0.39 is 22.0 Å². The standard InChI is InChI=1S/C29H30N4O4S/c1-21-19-24(22(2)32(21)25-11-7-5-8-12-25)20-30-31-29(34)23(3)33(38(4,35)36)26-15-17-28(18-16-26)37-27-13-9-6-10-14-27/h5-20,23H,1-4H3,(H,31,34)/b30-20-/t23-/m0/s1. The molecule has 1 atom stereocenters. The van der Waals surface area contributed by atoms with Crippen LogP contribution >= 0.6 is 0 Å². The molecule has 0 bridgehead atoms. The molecule has 38 heavy (non-hydrogen) atoms. The molecule has 0 fully saturated rings. The fourth-order valence-corrected chi connectivity index (χ4v) is 5.42. The summed E-state index contributed by atoms with van der Waals surface area (Å²) in [6.07, 6.45) is 2.62. The summed E-state index contributed by atoms with van der Waals surface area (Å²) in [5.41, 5.74) is 6.69. The molecule has 9 heteroatoms. The first-order valence-corrected chi connectivity index (χ1v) is 13.9. The van der Waals surface area contributed by atoms with Crippen LogP contribution in [0.5, 0.6) is 11.5 Å². The van der Waals surface area contributed by atoms with Gasteiger partial charge in [0.05, 0.1) is 18.2 Å². The maximum atomic E-state index is 12.9. The molecule has 1 heterocycles. The van der Waals surface area contributed by atoms with E-state index in [1.807, 2.05) is 80.6 Å². The third kappa shape index (κ3) is 6.12. The first kappa shape index (κ1) is 26.7. The van der Waals surface area contributed by atoms with E-state index in [-0.39, 0.29) is 0 Å². The Morgan fingerprint density at radius 1 is 0.947 bits per heavy atom. The van der Waals surface area contributed by atoms with E-state index >= 15 is 0 Å². The van der Waals surface area contributed by atoms with Crippen LogP contribution in [0.15, 0.2) is 96.1 Å². The number of hydrazone groups is 1. The van der Waals surface area contributed by atoms with Crippen LogP contribution in [0.25, 0.3) is 5.69 Å². The lowest BCUT2D eigenvalue weighted by molar-refractivity contribution is -0.121. The normalized spacial score (nSPS) is 12.3. The van der Waals surface area contributed by atoms with Gasteiger partial charge in [-0.1, -0.05) is 36.4 Å². The number of benzene rings is 3. The van der Waals surface area contributed by atoms with Crippen molar-refractivity contribution in [2.75, 3.05) is 10.6 Å². The highest BCUT2D eigenvalue weighted by molar-refractivity contribution is 7.92. The second kappa shape index (κ2) is 11.4. The fourth-order valence-electron chi connectivity index (χ4n) is 4.25. The molecule has 0 unspecified atom stereocenters. The van der Waals surface area contributed by atoms with Gasteiger partial charge < -0.3 is 9.30 Å². The number of sulfonamides is 1. The van der Waals surface area contributed by atoms with Crippen molar-refractivity contribution in [3.05, 3.63) is 108 Å². The number of hydrogen-bond acceptors (Lipinski definition) is 5. The van der Waals surface area contributed by atoms with Crippen LogP contribution in [-0.2, 0) is 14.8 Å². The molecule has 0 aliphatic rings. The van der Waals surface area contributed by atoms with Gasteiger partial charge in [0.2, 0.25) is 10.0 Å². The van der Waals surface area contributed by atoms with Crippen LogP contribution in [-0.4, -0.2) is 37.4 Å². The van der Waals surface area contributed by atoms with Crippen LogP contribution in [0.3, 0.4) is 0 Å². The molecule has 4 aromatic rings. The van der Waals surface area contributed by atoms with Crippen LogP contribution in [0.4, 0.5) is 5.69 Å². The molecule has 0 saturated heterocycles. The highest BCUT2D eigenvalue weighted by atomic mass is 32.2. The number of ether oxygens (including phenoxy) is 1. The number of nitrogens with zero attached hydrogens (tertiary/aromatic N) is 3. The molecular formula is C29H30N4O4S. The molecule has 1 amide bonds. The summed E-state index contributed by atoms with van der Waals surface area (Å²) in [7, 11) is -3.77. The molecule has 196 valence electrons. The molecular weight excluding hydrogens is 500 g/mol. The van der Waals surface area contributed by atoms with Crippen molar-refractivity contribution < 1.29 is 17.9 Å². The summed E-state index contributed by atoms with van der Waals surface area (Å²) < 4.78 is 34.2. The third-order valence-corrected chi connectivity index (χ3v) is 7.26. The second-order valence-corrected chi connectivity index (χ2v) is 10.7. The highest BCUT2D eigenvalue weighted by Crippen LogP contribution is 2.27. The Morgan fingerprint density at radius 3 is 2.13 bits per heavy atom. The van der Waals surface area contributed by atoms with Crippen molar-refractivity contribution in [1.82, 2.24) is 9.99 Å². The van der Waals surface area contributed by atoms with Gasteiger partial charge in [-0.15, -0.1) is 0 Å². The van der Waals surface area contributed by atoms with E-state index in [0.717, 1.165) is 33.2 Å². The Labute approximate surface area is 223 Å². The number of carbonyl (C=O) groups excluding carboxylic acids is 1. The number of anilines is 1. The summed E-state index contributed by atoms with van der Waals surface area (Å²) in [5, 5.41) is 4.11. The fraction of sp³-hybridized carbons (Fsp3) is 0.172. The predicted molar refractivity (Wildman–Crippen MR) is 151 cm³/mol. The first-order chi connectivity index (χ1) is 18.1. The Bertz CT molecular complexity index is 1530. The predicted octanol–water partition coefficient (Wildman–Crippen LogP) is 5.19. The summed E-state index contributed by atoms with van der Waals surface area (Å²) in [4.78, 5) is 12.9. The number of hydrogen-bond donors (Lipinski definition) is 1. The number of para-hydroxylation sites is 2. The van der Waals surface area contributed by atoms with E-state index in [4.69, 9.17) is 4.74 Å². The van der Waals surface area contributed by atoms with Crippen molar-refractivity contribution in [2.45, 2.75) is 26.8 Å². The van der Waals surface area contributed by atoms with Crippen molar-refractivity contribution >= 4 is 27.8 Å². The van der Waals surface area contributed by atoms with Gasteiger partial charge in [0.25, 0.3) is 5.91 Å². The minimum absolute atomic E-state index is 0.339. The van der Waals surface area contributed by atoms with E-state index in [9.17, 15) is 13.2 Å². The van der Waals surface area contributed by atoms with Gasteiger partial charge in [0.15, 0.2) is 0 Å². The van der Waals surface area contributed by atoms with E-state index in [0.29, 0.717) is 17.2 Å². The van der Waals surface area contributed by atoms with Gasteiger partial charge in [-0.2, -0.15) is 5.10 Å². The summed E-state index contributed by atoms with van der Waals surface area (Å²) >= 11 is 0. The number of amides is 1. The number of aryl methyl sites for hydroxylation is 1. The first-order valence-electron chi connectivity index (χ1n) is 12.0. The zero-order valence-corrected chi connectivity index (χ0v) is 22.5. The summed E-state index contributed by atoms with van der Waals surface area (Å²) in [5.74, 6) is 0.645. The van der Waals surface area contributed by atoms with E-state index in [1.54, 1.807) is 30.5 Å². The largest absolute Gasteiger partial charge is 0.457 e. The SMILES string of the molecule is Cc1cc(/C=N\NC(=O)[C@H](C)N(c2ccc(Oc3ccccc3)cc2)S(C)(=O)=O)c(C)n1-c1ccccc1. The molecule has 3 aromatic carbocycles. The van der Waals surface area contributed by atoms with Gasteiger partial charge in [0, 0.05) is 22.6 Å². The lowest BCUT2D eigenvalue weighted by Crippen LogP contribution is -2.46. The number of aromatic nitrogens is 1. The minimum atomic E-state index is -3.77. The lowest BCUT2D eigenvalue weighted by atomic mass is 10.2. The molecule has 0 aliphatic carbocycles. The van der Waals surface area contributed by atoms with Crippen molar-refractivity contribution in [2.24, 2.45) is 5.10 Å². The second-order valence-electron chi connectivity index (χ2n) is 8.88. The van der Waals surface area contributed by atoms with Crippen LogP contribution in [0.1, 0.15) is 23.9 Å².